The maximum absolute atomic E-state index is 5.71. The Balaban J connectivity index is 1.76. The number of imidazole rings is 1. The minimum atomic E-state index is 0.752. The van der Waals surface area contributed by atoms with Crippen molar-refractivity contribution in [2.75, 3.05) is 6.61 Å². The molecular weight excluding hydrogens is 372 g/mol. The molecule has 5 heteroatoms. The number of benzene rings is 2. The van der Waals surface area contributed by atoms with Gasteiger partial charge in [-0.1, -0.05) is 46.3 Å². The van der Waals surface area contributed by atoms with Crippen LogP contribution >= 0.6 is 27.3 Å². The van der Waals surface area contributed by atoms with Gasteiger partial charge in [0.25, 0.3) is 0 Å². The summed E-state index contributed by atoms with van der Waals surface area (Å²) in [4.78, 5) is 5.77. The van der Waals surface area contributed by atoms with Crippen LogP contribution in [0, 0.1) is 0 Å². The molecule has 0 spiro atoms. The molecule has 2 aromatic carbocycles. The number of nitrogens with zero attached hydrogens (tertiary/aromatic N) is 2. The Morgan fingerprint density at radius 3 is 2.78 bits per heavy atom. The van der Waals surface area contributed by atoms with Crippen LogP contribution in [-0.2, 0) is 0 Å². The summed E-state index contributed by atoms with van der Waals surface area (Å²) in [6.45, 7) is 2.86. The van der Waals surface area contributed by atoms with Gasteiger partial charge in [-0.05, 0) is 36.8 Å². The summed E-state index contributed by atoms with van der Waals surface area (Å²) >= 11 is 5.16. The number of aromatic nitrogens is 2. The van der Waals surface area contributed by atoms with Gasteiger partial charge < -0.3 is 4.74 Å². The molecule has 0 bridgehead atoms. The number of rotatable bonds is 4. The Labute approximate surface area is 146 Å². The SMILES string of the molecule is CCCOc1ccc2c(c1)sc1nc(-c3ccc(Br)cc3)cn12. The number of hydrogen-bond acceptors (Lipinski definition) is 3. The molecule has 3 nitrogen and oxygen atoms in total. The fraction of sp³-hybridized carbons (Fsp3) is 0.167. The van der Waals surface area contributed by atoms with Gasteiger partial charge in [-0.3, -0.25) is 4.40 Å². The highest BCUT2D eigenvalue weighted by atomic mass is 79.9. The van der Waals surface area contributed by atoms with Crippen molar-refractivity contribution in [3.05, 3.63) is 53.1 Å². The van der Waals surface area contributed by atoms with E-state index >= 15 is 0 Å². The van der Waals surface area contributed by atoms with Crippen LogP contribution in [0.5, 0.6) is 5.75 Å². The van der Waals surface area contributed by atoms with Crippen molar-refractivity contribution in [3.8, 4) is 17.0 Å². The fourth-order valence-electron chi connectivity index (χ4n) is 2.55. The maximum Gasteiger partial charge on any atom is 0.195 e. The third-order valence-electron chi connectivity index (χ3n) is 3.68. The van der Waals surface area contributed by atoms with Crippen molar-refractivity contribution < 1.29 is 4.74 Å². The topological polar surface area (TPSA) is 26.5 Å². The molecule has 0 radical (unpaired) electrons. The van der Waals surface area contributed by atoms with E-state index in [0.29, 0.717) is 0 Å². The van der Waals surface area contributed by atoms with Gasteiger partial charge in [0, 0.05) is 16.2 Å². The molecule has 0 aliphatic carbocycles. The number of thiazole rings is 1. The monoisotopic (exact) mass is 386 g/mol. The smallest absolute Gasteiger partial charge is 0.195 e. The summed E-state index contributed by atoms with van der Waals surface area (Å²) in [7, 11) is 0. The Hall–Kier alpha value is -1.85. The third-order valence-corrected chi connectivity index (χ3v) is 5.22. The summed E-state index contributed by atoms with van der Waals surface area (Å²) in [6.07, 6.45) is 3.12. The summed E-state index contributed by atoms with van der Waals surface area (Å²) < 4.78 is 10.1. The van der Waals surface area contributed by atoms with Crippen LogP contribution in [0.3, 0.4) is 0 Å². The first-order valence-corrected chi connectivity index (χ1v) is 9.16. The van der Waals surface area contributed by atoms with Crippen molar-refractivity contribution in [2.45, 2.75) is 13.3 Å². The second-order valence-electron chi connectivity index (χ2n) is 5.37. The second kappa shape index (κ2) is 5.98. The van der Waals surface area contributed by atoms with Crippen molar-refractivity contribution in [1.29, 1.82) is 0 Å². The molecule has 0 aliphatic heterocycles. The van der Waals surface area contributed by atoms with Gasteiger partial charge in [-0.15, -0.1) is 0 Å². The van der Waals surface area contributed by atoms with Crippen LogP contribution in [0.1, 0.15) is 13.3 Å². The quantitative estimate of drug-likeness (QED) is 0.445. The minimum absolute atomic E-state index is 0.752. The van der Waals surface area contributed by atoms with Gasteiger partial charge in [-0.2, -0.15) is 0 Å². The molecular formula is C18H15BrN2OS. The average molecular weight is 387 g/mol. The summed E-state index contributed by atoms with van der Waals surface area (Å²) in [6, 6.07) is 14.5. The highest BCUT2D eigenvalue weighted by molar-refractivity contribution is 9.10. The van der Waals surface area contributed by atoms with Crippen molar-refractivity contribution >= 4 is 42.4 Å². The molecule has 2 heterocycles. The number of ether oxygens (including phenoxy) is 1. The first-order chi connectivity index (χ1) is 11.2. The summed E-state index contributed by atoms with van der Waals surface area (Å²) in [5.74, 6) is 0.928. The van der Waals surface area contributed by atoms with Crippen LogP contribution in [0.25, 0.3) is 26.4 Å². The summed E-state index contributed by atoms with van der Waals surface area (Å²) in [5, 5.41) is 0. The molecule has 116 valence electrons. The van der Waals surface area contributed by atoms with Crippen LogP contribution in [0.15, 0.2) is 53.1 Å². The van der Waals surface area contributed by atoms with E-state index in [2.05, 4.69) is 57.7 Å². The Bertz CT molecular complexity index is 972. The molecule has 0 aliphatic rings. The largest absolute Gasteiger partial charge is 0.494 e. The van der Waals surface area contributed by atoms with Gasteiger partial charge in [0.1, 0.15) is 5.75 Å². The Morgan fingerprint density at radius 1 is 1.17 bits per heavy atom. The lowest BCUT2D eigenvalue weighted by atomic mass is 10.2. The molecule has 4 rings (SSSR count). The minimum Gasteiger partial charge on any atom is -0.494 e. The molecule has 0 saturated heterocycles. The van der Waals surface area contributed by atoms with Crippen LogP contribution < -0.4 is 4.74 Å². The molecule has 0 fully saturated rings. The van der Waals surface area contributed by atoms with E-state index in [9.17, 15) is 0 Å². The molecule has 4 aromatic rings. The van der Waals surface area contributed by atoms with Crippen LogP contribution in [0.2, 0.25) is 0 Å². The normalized spacial score (nSPS) is 11.4. The Kier molecular flexibility index (Phi) is 3.83. The van der Waals surface area contributed by atoms with E-state index in [1.165, 1.54) is 10.2 Å². The van der Waals surface area contributed by atoms with Gasteiger partial charge in [0.05, 0.1) is 22.5 Å². The lowest BCUT2D eigenvalue weighted by Crippen LogP contribution is -1.94. The molecule has 0 amide bonds. The molecule has 0 N–H and O–H groups in total. The van der Waals surface area contributed by atoms with Crippen molar-refractivity contribution in [2.24, 2.45) is 0 Å². The standard InChI is InChI=1S/C18H15BrN2OS/c1-2-9-22-14-7-8-16-17(10-14)23-18-20-15(11-21(16)18)12-3-5-13(19)6-4-12/h3-8,10-11H,2,9H2,1H3. The molecule has 0 atom stereocenters. The second-order valence-corrected chi connectivity index (χ2v) is 7.29. The van der Waals surface area contributed by atoms with Gasteiger partial charge in [0.15, 0.2) is 4.96 Å². The first-order valence-electron chi connectivity index (χ1n) is 7.55. The van der Waals surface area contributed by atoms with Gasteiger partial charge in [0.2, 0.25) is 0 Å². The van der Waals surface area contributed by atoms with E-state index in [0.717, 1.165) is 39.5 Å². The third kappa shape index (κ3) is 2.75. The van der Waals surface area contributed by atoms with E-state index in [-0.39, 0.29) is 0 Å². The number of hydrogen-bond donors (Lipinski definition) is 0. The van der Waals surface area contributed by atoms with Gasteiger partial charge in [-0.25, -0.2) is 4.98 Å². The highest BCUT2D eigenvalue weighted by Crippen LogP contribution is 2.32. The van der Waals surface area contributed by atoms with E-state index in [1.807, 2.05) is 18.2 Å². The molecule has 0 saturated carbocycles. The lowest BCUT2D eigenvalue weighted by molar-refractivity contribution is 0.318. The predicted molar refractivity (Wildman–Crippen MR) is 99.5 cm³/mol. The summed E-state index contributed by atoms with van der Waals surface area (Å²) in [5.41, 5.74) is 3.29. The van der Waals surface area contributed by atoms with E-state index in [4.69, 9.17) is 9.72 Å². The molecule has 23 heavy (non-hydrogen) atoms. The predicted octanol–water partition coefficient (Wildman–Crippen LogP) is 5.77. The highest BCUT2D eigenvalue weighted by Gasteiger charge is 2.11. The number of fused-ring (bicyclic) bond motifs is 3. The lowest BCUT2D eigenvalue weighted by Gasteiger charge is -2.03. The fourth-order valence-corrected chi connectivity index (χ4v) is 3.85. The van der Waals surface area contributed by atoms with Crippen molar-refractivity contribution in [1.82, 2.24) is 9.38 Å². The van der Waals surface area contributed by atoms with Crippen molar-refractivity contribution in [3.63, 3.8) is 0 Å². The maximum atomic E-state index is 5.71. The molecule has 0 unspecified atom stereocenters. The zero-order chi connectivity index (χ0) is 15.8. The zero-order valence-corrected chi connectivity index (χ0v) is 15.0. The van der Waals surface area contributed by atoms with Crippen LogP contribution in [-0.4, -0.2) is 16.0 Å². The number of halogens is 1. The molecule has 2 aromatic heterocycles. The zero-order valence-electron chi connectivity index (χ0n) is 12.6. The van der Waals surface area contributed by atoms with Crippen LogP contribution in [0.4, 0.5) is 0 Å². The van der Waals surface area contributed by atoms with E-state index in [1.54, 1.807) is 11.3 Å². The van der Waals surface area contributed by atoms with Gasteiger partial charge >= 0.3 is 0 Å². The first kappa shape index (κ1) is 14.7. The Morgan fingerprint density at radius 2 is 2.00 bits per heavy atom. The van der Waals surface area contributed by atoms with E-state index < -0.39 is 0 Å². The average Bonchev–Trinajstić information content (AvgIpc) is 3.10.